The SMILES string of the molecule is COc1ccc(C(O)C/C(=N/OCc2ccccc2)c2ccccc2)cc1. The van der Waals surface area contributed by atoms with Crippen LogP contribution < -0.4 is 4.74 Å². The van der Waals surface area contributed by atoms with Gasteiger partial charge in [-0.25, -0.2) is 0 Å². The molecule has 0 aliphatic carbocycles. The van der Waals surface area contributed by atoms with E-state index in [2.05, 4.69) is 5.16 Å². The Bertz CT molecular complexity index is 846. The van der Waals surface area contributed by atoms with Crippen LogP contribution in [0.3, 0.4) is 0 Å². The van der Waals surface area contributed by atoms with E-state index in [0.717, 1.165) is 22.4 Å². The van der Waals surface area contributed by atoms with Crippen molar-refractivity contribution >= 4 is 5.71 Å². The molecular weight excluding hydrogens is 338 g/mol. The number of aliphatic hydroxyl groups is 1. The van der Waals surface area contributed by atoms with Crippen LogP contribution in [-0.4, -0.2) is 17.9 Å². The highest BCUT2D eigenvalue weighted by atomic mass is 16.6. The molecule has 3 aromatic carbocycles. The number of methoxy groups -OCH3 is 1. The van der Waals surface area contributed by atoms with E-state index >= 15 is 0 Å². The van der Waals surface area contributed by atoms with E-state index < -0.39 is 6.10 Å². The molecule has 0 saturated heterocycles. The predicted molar refractivity (Wildman–Crippen MR) is 107 cm³/mol. The topological polar surface area (TPSA) is 51.0 Å². The Labute approximate surface area is 159 Å². The molecule has 3 rings (SSSR count). The Hall–Kier alpha value is -3.11. The van der Waals surface area contributed by atoms with Gasteiger partial charge in [0.15, 0.2) is 0 Å². The van der Waals surface area contributed by atoms with Crippen molar-refractivity contribution in [2.45, 2.75) is 19.1 Å². The molecule has 1 unspecified atom stereocenters. The summed E-state index contributed by atoms with van der Waals surface area (Å²) in [6, 6.07) is 27.0. The Morgan fingerprint density at radius 1 is 0.889 bits per heavy atom. The number of aliphatic hydroxyl groups excluding tert-OH is 1. The van der Waals surface area contributed by atoms with Gasteiger partial charge >= 0.3 is 0 Å². The number of nitrogens with zero attached hydrogens (tertiary/aromatic N) is 1. The zero-order valence-corrected chi connectivity index (χ0v) is 15.3. The maximum atomic E-state index is 10.7. The van der Waals surface area contributed by atoms with Crippen LogP contribution >= 0.6 is 0 Å². The second-order valence-corrected chi connectivity index (χ2v) is 6.16. The third-order valence-corrected chi connectivity index (χ3v) is 4.24. The van der Waals surface area contributed by atoms with Gasteiger partial charge in [0.25, 0.3) is 0 Å². The monoisotopic (exact) mass is 361 g/mol. The average molecular weight is 361 g/mol. The quantitative estimate of drug-likeness (QED) is 0.466. The van der Waals surface area contributed by atoms with E-state index in [1.807, 2.05) is 84.9 Å². The minimum Gasteiger partial charge on any atom is -0.497 e. The van der Waals surface area contributed by atoms with E-state index in [9.17, 15) is 5.11 Å². The zero-order chi connectivity index (χ0) is 18.9. The Balaban J connectivity index is 1.74. The number of rotatable bonds is 8. The fourth-order valence-electron chi connectivity index (χ4n) is 2.72. The second-order valence-electron chi connectivity index (χ2n) is 6.16. The van der Waals surface area contributed by atoms with Crippen molar-refractivity contribution < 1.29 is 14.7 Å². The lowest BCUT2D eigenvalue weighted by Gasteiger charge is -2.14. The van der Waals surface area contributed by atoms with Crippen LogP contribution in [0.5, 0.6) is 5.75 Å². The second kappa shape index (κ2) is 9.55. The van der Waals surface area contributed by atoms with Crippen LogP contribution in [0.1, 0.15) is 29.2 Å². The van der Waals surface area contributed by atoms with Gasteiger partial charge in [-0.15, -0.1) is 0 Å². The fourth-order valence-corrected chi connectivity index (χ4v) is 2.72. The molecule has 0 heterocycles. The molecule has 4 nitrogen and oxygen atoms in total. The first-order valence-corrected chi connectivity index (χ1v) is 8.86. The summed E-state index contributed by atoms with van der Waals surface area (Å²) < 4.78 is 5.17. The molecule has 0 aliphatic heterocycles. The number of hydrogen-bond acceptors (Lipinski definition) is 4. The van der Waals surface area contributed by atoms with Crippen LogP contribution in [0, 0.1) is 0 Å². The average Bonchev–Trinajstić information content (AvgIpc) is 2.74. The highest BCUT2D eigenvalue weighted by Crippen LogP contribution is 2.22. The molecule has 0 bridgehead atoms. The molecule has 0 saturated carbocycles. The number of hydrogen-bond donors (Lipinski definition) is 1. The lowest BCUT2D eigenvalue weighted by Crippen LogP contribution is -2.09. The summed E-state index contributed by atoms with van der Waals surface area (Å²) >= 11 is 0. The predicted octanol–water partition coefficient (Wildman–Crippen LogP) is 4.74. The van der Waals surface area contributed by atoms with Crippen molar-refractivity contribution in [3.63, 3.8) is 0 Å². The van der Waals surface area contributed by atoms with Crippen LogP contribution in [0.25, 0.3) is 0 Å². The van der Waals surface area contributed by atoms with E-state index in [1.54, 1.807) is 7.11 Å². The summed E-state index contributed by atoms with van der Waals surface area (Å²) in [5.74, 6) is 0.758. The van der Waals surface area contributed by atoms with Gasteiger partial charge in [-0.05, 0) is 28.8 Å². The van der Waals surface area contributed by atoms with Crippen LogP contribution in [0.4, 0.5) is 0 Å². The standard InChI is InChI=1S/C23H23NO3/c1-26-21-14-12-20(13-15-21)23(25)16-22(19-10-6-3-7-11-19)24-27-17-18-8-4-2-5-9-18/h2-15,23,25H,16-17H2,1H3/b24-22-. The van der Waals surface area contributed by atoms with Gasteiger partial charge in [0.2, 0.25) is 0 Å². The minimum absolute atomic E-state index is 0.352. The zero-order valence-electron chi connectivity index (χ0n) is 15.3. The number of oxime groups is 1. The fraction of sp³-hybridized carbons (Fsp3) is 0.174. The van der Waals surface area contributed by atoms with Crippen molar-refractivity contribution in [1.29, 1.82) is 0 Å². The van der Waals surface area contributed by atoms with E-state index in [0.29, 0.717) is 18.7 Å². The molecule has 4 heteroatoms. The smallest absolute Gasteiger partial charge is 0.142 e. The van der Waals surface area contributed by atoms with Gasteiger partial charge in [0.1, 0.15) is 12.4 Å². The summed E-state index contributed by atoms with van der Waals surface area (Å²) in [7, 11) is 1.62. The van der Waals surface area contributed by atoms with E-state index in [-0.39, 0.29) is 0 Å². The third kappa shape index (κ3) is 5.43. The normalized spacial score (nSPS) is 12.4. The van der Waals surface area contributed by atoms with Crippen LogP contribution in [-0.2, 0) is 11.4 Å². The highest BCUT2D eigenvalue weighted by Gasteiger charge is 2.14. The van der Waals surface area contributed by atoms with E-state index in [1.165, 1.54) is 0 Å². The molecular formula is C23H23NO3. The lowest BCUT2D eigenvalue weighted by atomic mass is 9.99. The van der Waals surface area contributed by atoms with Crippen LogP contribution in [0.2, 0.25) is 0 Å². The number of ether oxygens (including phenoxy) is 1. The molecule has 3 aromatic rings. The van der Waals surface area contributed by atoms with Crippen molar-refractivity contribution in [2.75, 3.05) is 7.11 Å². The molecule has 0 amide bonds. The molecule has 0 aliphatic rings. The molecule has 0 fully saturated rings. The Morgan fingerprint density at radius 3 is 2.15 bits per heavy atom. The maximum absolute atomic E-state index is 10.7. The largest absolute Gasteiger partial charge is 0.497 e. The molecule has 0 radical (unpaired) electrons. The van der Waals surface area contributed by atoms with Crippen LogP contribution in [0.15, 0.2) is 90.1 Å². The van der Waals surface area contributed by atoms with Gasteiger partial charge in [-0.3, -0.25) is 0 Å². The maximum Gasteiger partial charge on any atom is 0.142 e. The van der Waals surface area contributed by atoms with Crippen molar-refractivity contribution in [1.82, 2.24) is 0 Å². The summed E-state index contributed by atoms with van der Waals surface area (Å²) in [6.07, 6.45) is -0.333. The molecule has 1 N–H and O–H groups in total. The minimum atomic E-state index is -0.685. The molecule has 138 valence electrons. The van der Waals surface area contributed by atoms with Gasteiger partial charge in [-0.2, -0.15) is 0 Å². The summed E-state index contributed by atoms with van der Waals surface area (Å²) in [5, 5.41) is 15.0. The van der Waals surface area contributed by atoms with Crippen molar-refractivity contribution in [3.8, 4) is 5.75 Å². The highest BCUT2D eigenvalue weighted by molar-refractivity contribution is 6.00. The molecule has 27 heavy (non-hydrogen) atoms. The number of benzene rings is 3. The first-order chi connectivity index (χ1) is 13.3. The Kier molecular flexibility index (Phi) is 6.61. The summed E-state index contributed by atoms with van der Waals surface area (Å²) in [4.78, 5) is 5.57. The van der Waals surface area contributed by atoms with Gasteiger partial charge in [0.05, 0.1) is 18.9 Å². The molecule has 1 atom stereocenters. The first-order valence-electron chi connectivity index (χ1n) is 8.86. The Morgan fingerprint density at radius 2 is 1.52 bits per heavy atom. The van der Waals surface area contributed by atoms with Gasteiger partial charge in [0, 0.05) is 6.42 Å². The lowest BCUT2D eigenvalue weighted by molar-refractivity contribution is 0.127. The third-order valence-electron chi connectivity index (χ3n) is 4.24. The molecule has 0 spiro atoms. The summed E-state index contributed by atoms with van der Waals surface area (Å²) in [6.45, 7) is 0.385. The first kappa shape index (κ1) is 18.7. The van der Waals surface area contributed by atoms with Crippen molar-refractivity contribution in [3.05, 3.63) is 102 Å². The molecule has 0 aromatic heterocycles. The van der Waals surface area contributed by atoms with Crippen molar-refractivity contribution in [2.24, 2.45) is 5.16 Å². The van der Waals surface area contributed by atoms with Gasteiger partial charge < -0.3 is 14.7 Å². The van der Waals surface area contributed by atoms with Gasteiger partial charge in [-0.1, -0.05) is 78.0 Å². The van der Waals surface area contributed by atoms with E-state index in [4.69, 9.17) is 9.57 Å². The summed E-state index contributed by atoms with van der Waals surface area (Å²) in [5.41, 5.74) is 3.49.